The van der Waals surface area contributed by atoms with Gasteiger partial charge in [-0.15, -0.1) is 17.9 Å². The summed E-state index contributed by atoms with van der Waals surface area (Å²) in [5, 5.41) is 4.81. The van der Waals surface area contributed by atoms with E-state index in [0.29, 0.717) is 12.1 Å². The highest BCUT2D eigenvalue weighted by molar-refractivity contribution is 7.89. The van der Waals surface area contributed by atoms with Gasteiger partial charge >= 0.3 is 0 Å². The van der Waals surface area contributed by atoms with Crippen LogP contribution in [0.15, 0.2) is 53.3 Å². The minimum absolute atomic E-state index is 0.116. The minimum atomic E-state index is -3.57. The fourth-order valence-electron chi connectivity index (χ4n) is 1.89. The van der Waals surface area contributed by atoms with Gasteiger partial charge in [-0.05, 0) is 48.2 Å². The Morgan fingerprint density at radius 3 is 2.52 bits per heavy atom. The zero-order valence-electron chi connectivity index (χ0n) is 12.7. The van der Waals surface area contributed by atoms with Crippen LogP contribution in [0.2, 0.25) is 0 Å². The summed E-state index contributed by atoms with van der Waals surface area (Å²) in [6, 6.07) is 7.83. The molecule has 1 heterocycles. The van der Waals surface area contributed by atoms with Gasteiger partial charge in [-0.2, -0.15) is 0 Å². The van der Waals surface area contributed by atoms with Crippen LogP contribution in [0.5, 0.6) is 0 Å². The molecule has 2 rings (SSSR count). The van der Waals surface area contributed by atoms with Gasteiger partial charge < -0.3 is 5.32 Å². The Morgan fingerprint density at radius 2 is 1.96 bits per heavy atom. The standard InChI is InChI=1S/C16H18N2O3S2/c1-3-9-18-23(20,21)14-6-4-13(5-7-14)16(19)17-11-15-12(2)8-10-22-15/h3-8,10,18H,1,9,11H2,2H3,(H,17,19). The lowest BCUT2D eigenvalue weighted by molar-refractivity contribution is 0.0951. The maximum absolute atomic E-state index is 12.1. The molecule has 0 saturated heterocycles. The summed E-state index contributed by atoms with van der Waals surface area (Å²) < 4.78 is 26.2. The van der Waals surface area contributed by atoms with Crippen LogP contribution in [-0.2, 0) is 16.6 Å². The van der Waals surface area contributed by atoms with Crippen LogP contribution in [0, 0.1) is 6.92 Å². The van der Waals surface area contributed by atoms with Crippen LogP contribution in [-0.4, -0.2) is 20.9 Å². The number of amides is 1. The number of rotatable bonds is 7. The third-order valence-corrected chi connectivity index (χ3v) is 5.68. The van der Waals surface area contributed by atoms with E-state index < -0.39 is 10.0 Å². The van der Waals surface area contributed by atoms with Crippen molar-refractivity contribution in [2.24, 2.45) is 0 Å². The third kappa shape index (κ3) is 4.51. The summed E-state index contributed by atoms with van der Waals surface area (Å²) in [5.41, 5.74) is 1.56. The second-order valence-electron chi connectivity index (χ2n) is 4.87. The molecule has 0 bridgehead atoms. The number of benzene rings is 1. The topological polar surface area (TPSA) is 75.3 Å². The highest BCUT2D eigenvalue weighted by Crippen LogP contribution is 2.15. The molecule has 0 aliphatic carbocycles. The summed E-state index contributed by atoms with van der Waals surface area (Å²) in [4.78, 5) is 13.3. The first-order valence-corrected chi connectivity index (χ1v) is 9.32. The molecular formula is C16H18N2O3S2. The van der Waals surface area contributed by atoms with E-state index in [1.165, 1.54) is 30.3 Å². The number of hydrogen-bond donors (Lipinski definition) is 2. The Balaban J connectivity index is 2.02. The Labute approximate surface area is 140 Å². The normalized spacial score (nSPS) is 11.2. The average Bonchev–Trinajstić information content (AvgIpc) is 2.96. The lowest BCUT2D eigenvalue weighted by atomic mass is 10.2. The molecule has 7 heteroatoms. The molecule has 0 aliphatic heterocycles. The van der Waals surface area contributed by atoms with Crippen LogP contribution < -0.4 is 10.0 Å². The monoisotopic (exact) mass is 350 g/mol. The smallest absolute Gasteiger partial charge is 0.251 e. The summed E-state index contributed by atoms with van der Waals surface area (Å²) in [5.74, 6) is -0.235. The van der Waals surface area contributed by atoms with Gasteiger partial charge in [-0.1, -0.05) is 6.08 Å². The summed E-state index contributed by atoms with van der Waals surface area (Å²) in [6.07, 6.45) is 1.46. The number of carbonyl (C=O) groups excluding carboxylic acids is 1. The number of thiophene rings is 1. The Bertz CT molecular complexity index is 793. The second-order valence-corrected chi connectivity index (χ2v) is 7.64. The maximum atomic E-state index is 12.1. The van der Waals surface area contributed by atoms with Crippen molar-refractivity contribution in [1.82, 2.24) is 10.0 Å². The largest absolute Gasteiger partial charge is 0.347 e. The number of carbonyl (C=O) groups is 1. The molecule has 23 heavy (non-hydrogen) atoms. The van der Waals surface area contributed by atoms with Gasteiger partial charge in [-0.25, -0.2) is 13.1 Å². The van der Waals surface area contributed by atoms with Crippen molar-refractivity contribution in [2.75, 3.05) is 6.54 Å². The Morgan fingerprint density at radius 1 is 1.26 bits per heavy atom. The lowest BCUT2D eigenvalue weighted by Crippen LogP contribution is -2.24. The molecule has 0 spiro atoms. The zero-order valence-corrected chi connectivity index (χ0v) is 14.3. The Hall–Kier alpha value is -1.96. The van der Waals surface area contributed by atoms with Crippen LogP contribution in [0.1, 0.15) is 20.8 Å². The van der Waals surface area contributed by atoms with E-state index in [1.54, 1.807) is 11.3 Å². The van der Waals surface area contributed by atoms with Crippen LogP contribution in [0.4, 0.5) is 0 Å². The molecule has 0 atom stereocenters. The van der Waals surface area contributed by atoms with Gasteiger partial charge in [0.15, 0.2) is 0 Å². The first kappa shape index (κ1) is 17.4. The number of nitrogens with one attached hydrogen (secondary N) is 2. The van der Waals surface area contributed by atoms with E-state index in [4.69, 9.17) is 0 Å². The Kier molecular flexibility index (Phi) is 5.70. The second kappa shape index (κ2) is 7.54. The first-order valence-electron chi connectivity index (χ1n) is 6.96. The minimum Gasteiger partial charge on any atom is -0.347 e. The average molecular weight is 350 g/mol. The van der Waals surface area contributed by atoms with Gasteiger partial charge in [0.2, 0.25) is 10.0 Å². The molecule has 0 aliphatic rings. The van der Waals surface area contributed by atoms with Crippen molar-refractivity contribution in [2.45, 2.75) is 18.4 Å². The fraction of sp³-hybridized carbons (Fsp3) is 0.188. The molecule has 0 fully saturated rings. The van der Waals surface area contributed by atoms with Gasteiger partial charge in [0.1, 0.15) is 0 Å². The highest BCUT2D eigenvalue weighted by atomic mass is 32.2. The molecule has 1 aromatic carbocycles. The predicted octanol–water partition coefficient (Wildman–Crippen LogP) is 2.45. The molecule has 0 saturated carbocycles. The van der Waals surface area contributed by atoms with Crippen molar-refractivity contribution in [3.63, 3.8) is 0 Å². The first-order chi connectivity index (χ1) is 10.9. The van der Waals surface area contributed by atoms with Crippen molar-refractivity contribution < 1.29 is 13.2 Å². The molecule has 0 radical (unpaired) electrons. The van der Waals surface area contributed by atoms with Gasteiger partial charge in [0, 0.05) is 17.0 Å². The molecule has 2 aromatic rings. The van der Waals surface area contributed by atoms with Crippen molar-refractivity contribution in [3.8, 4) is 0 Å². The van der Waals surface area contributed by atoms with E-state index in [-0.39, 0.29) is 17.3 Å². The van der Waals surface area contributed by atoms with E-state index in [2.05, 4.69) is 16.6 Å². The number of hydrogen-bond acceptors (Lipinski definition) is 4. The van der Waals surface area contributed by atoms with Crippen LogP contribution in [0.25, 0.3) is 0 Å². The number of sulfonamides is 1. The van der Waals surface area contributed by atoms with E-state index in [9.17, 15) is 13.2 Å². The molecule has 2 N–H and O–H groups in total. The summed E-state index contributed by atoms with van der Waals surface area (Å²) >= 11 is 1.59. The van der Waals surface area contributed by atoms with E-state index in [1.807, 2.05) is 18.4 Å². The van der Waals surface area contributed by atoms with Crippen LogP contribution in [0.3, 0.4) is 0 Å². The molecule has 1 amide bonds. The molecule has 5 nitrogen and oxygen atoms in total. The number of aryl methyl sites for hydroxylation is 1. The van der Waals surface area contributed by atoms with Crippen molar-refractivity contribution in [1.29, 1.82) is 0 Å². The molecular weight excluding hydrogens is 332 g/mol. The van der Waals surface area contributed by atoms with Gasteiger partial charge in [0.05, 0.1) is 11.4 Å². The molecule has 0 unspecified atom stereocenters. The fourth-order valence-corrected chi connectivity index (χ4v) is 3.73. The third-order valence-electron chi connectivity index (χ3n) is 3.22. The van der Waals surface area contributed by atoms with E-state index in [0.717, 1.165) is 10.4 Å². The van der Waals surface area contributed by atoms with Gasteiger partial charge in [0.25, 0.3) is 5.91 Å². The van der Waals surface area contributed by atoms with Crippen molar-refractivity contribution in [3.05, 3.63) is 64.4 Å². The summed E-state index contributed by atoms with van der Waals surface area (Å²) in [6.45, 7) is 6.08. The summed E-state index contributed by atoms with van der Waals surface area (Å²) in [7, 11) is -3.57. The highest BCUT2D eigenvalue weighted by Gasteiger charge is 2.14. The maximum Gasteiger partial charge on any atom is 0.251 e. The van der Waals surface area contributed by atoms with Crippen molar-refractivity contribution >= 4 is 27.3 Å². The predicted molar refractivity (Wildman–Crippen MR) is 92.1 cm³/mol. The molecule has 1 aromatic heterocycles. The SMILES string of the molecule is C=CCNS(=O)(=O)c1ccc(C(=O)NCc2sccc2C)cc1. The van der Waals surface area contributed by atoms with E-state index >= 15 is 0 Å². The molecule has 122 valence electrons. The van der Waals surface area contributed by atoms with Gasteiger partial charge in [-0.3, -0.25) is 4.79 Å². The quantitative estimate of drug-likeness (QED) is 0.753. The zero-order chi connectivity index (χ0) is 16.9. The van der Waals surface area contributed by atoms with Crippen LogP contribution >= 0.6 is 11.3 Å². The lowest BCUT2D eigenvalue weighted by Gasteiger charge is -2.07.